The fourth-order valence-electron chi connectivity index (χ4n) is 3.56. The van der Waals surface area contributed by atoms with Crippen LogP contribution in [0.15, 0.2) is 24.3 Å². The summed E-state index contributed by atoms with van der Waals surface area (Å²) in [7, 11) is 0. The van der Waals surface area contributed by atoms with E-state index in [2.05, 4.69) is 20.8 Å². The summed E-state index contributed by atoms with van der Waals surface area (Å²) in [5, 5.41) is 14.3. The number of para-hydroxylation sites is 1. The maximum atomic E-state index is 12.5. The minimum Gasteiger partial charge on any atom is -0.373 e. The molecule has 0 aliphatic carbocycles. The van der Waals surface area contributed by atoms with Crippen molar-refractivity contribution in [3.63, 3.8) is 0 Å². The second-order valence-corrected chi connectivity index (χ2v) is 6.24. The van der Waals surface area contributed by atoms with E-state index >= 15 is 0 Å². The zero-order chi connectivity index (χ0) is 15.0. The molecule has 3 N–H and O–H groups in total. The number of carbonyl (C=O) groups excluding carboxylic acids is 1. The Hall–Kier alpha value is -1.92. The van der Waals surface area contributed by atoms with Crippen molar-refractivity contribution in [1.82, 2.24) is 20.8 Å². The summed E-state index contributed by atoms with van der Waals surface area (Å²) in [4.78, 5) is 12.5. The molecule has 4 rings (SSSR count). The van der Waals surface area contributed by atoms with Gasteiger partial charge < -0.3 is 15.4 Å². The fourth-order valence-corrected chi connectivity index (χ4v) is 3.56. The number of hydrogen-bond donors (Lipinski definition) is 3. The van der Waals surface area contributed by atoms with Crippen LogP contribution in [0.3, 0.4) is 0 Å². The first-order chi connectivity index (χ1) is 10.8. The summed E-state index contributed by atoms with van der Waals surface area (Å²) in [6, 6.07) is 7.74. The van der Waals surface area contributed by atoms with E-state index in [1.54, 1.807) is 0 Å². The Kier molecular flexibility index (Phi) is 3.35. The average Bonchev–Trinajstić information content (AvgIpc) is 3.13. The summed E-state index contributed by atoms with van der Waals surface area (Å²) < 4.78 is 6.02. The van der Waals surface area contributed by atoms with Gasteiger partial charge in [0.15, 0.2) is 5.69 Å². The van der Waals surface area contributed by atoms with Crippen LogP contribution in [0.4, 0.5) is 0 Å². The number of hydrogen-bond acceptors (Lipinski definition) is 4. The van der Waals surface area contributed by atoms with Crippen LogP contribution in [0.1, 0.15) is 29.8 Å². The summed E-state index contributed by atoms with van der Waals surface area (Å²) in [6.45, 7) is 2.57. The number of aromatic amines is 1. The summed E-state index contributed by atoms with van der Waals surface area (Å²) in [6.07, 6.45) is 2.93. The molecule has 3 heterocycles. The fraction of sp³-hybridized carbons (Fsp3) is 0.500. The highest BCUT2D eigenvalue weighted by molar-refractivity contribution is 6.04. The van der Waals surface area contributed by atoms with Crippen LogP contribution in [-0.4, -0.2) is 47.4 Å². The van der Waals surface area contributed by atoms with Gasteiger partial charge >= 0.3 is 0 Å². The first-order valence-corrected chi connectivity index (χ1v) is 7.84. The van der Waals surface area contributed by atoms with Crippen molar-refractivity contribution in [2.24, 2.45) is 0 Å². The zero-order valence-corrected chi connectivity index (χ0v) is 12.4. The predicted molar refractivity (Wildman–Crippen MR) is 82.8 cm³/mol. The lowest BCUT2D eigenvalue weighted by Crippen LogP contribution is -2.43. The Bertz CT molecular complexity index is 690. The molecule has 1 aromatic heterocycles. The second-order valence-electron chi connectivity index (χ2n) is 6.24. The molecule has 2 saturated heterocycles. The maximum absolute atomic E-state index is 12.5. The minimum absolute atomic E-state index is 0.0448. The summed E-state index contributed by atoms with van der Waals surface area (Å²) in [5.41, 5.74) is 1.30. The lowest BCUT2D eigenvalue weighted by molar-refractivity contribution is -0.0194. The van der Waals surface area contributed by atoms with Crippen LogP contribution < -0.4 is 10.6 Å². The molecule has 22 heavy (non-hydrogen) atoms. The number of piperidine rings is 1. The van der Waals surface area contributed by atoms with Crippen molar-refractivity contribution in [2.45, 2.75) is 30.9 Å². The SMILES string of the molecule is O=C(N[C@H]1COC2(CCNCC2)C1)c1n[nH]c2ccccc12. The van der Waals surface area contributed by atoms with E-state index in [1.165, 1.54) is 0 Å². The van der Waals surface area contributed by atoms with Gasteiger partial charge in [0.05, 0.1) is 23.8 Å². The maximum Gasteiger partial charge on any atom is 0.272 e. The third-order valence-electron chi connectivity index (χ3n) is 4.74. The van der Waals surface area contributed by atoms with Gasteiger partial charge in [-0.05, 0) is 38.4 Å². The molecule has 0 bridgehead atoms. The van der Waals surface area contributed by atoms with Gasteiger partial charge in [0, 0.05) is 5.39 Å². The highest BCUT2D eigenvalue weighted by atomic mass is 16.5. The number of fused-ring (bicyclic) bond motifs is 1. The number of nitrogens with one attached hydrogen (secondary N) is 3. The number of rotatable bonds is 2. The molecule has 2 aromatic rings. The number of amides is 1. The molecule has 116 valence electrons. The average molecular weight is 300 g/mol. The Labute approximate surface area is 128 Å². The number of aromatic nitrogens is 2. The van der Waals surface area contributed by atoms with Crippen molar-refractivity contribution in [3.05, 3.63) is 30.0 Å². The summed E-state index contributed by atoms with van der Waals surface area (Å²) >= 11 is 0. The number of nitrogens with zero attached hydrogens (tertiary/aromatic N) is 1. The first-order valence-electron chi connectivity index (χ1n) is 7.84. The number of ether oxygens (including phenoxy) is 1. The van der Waals surface area contributed by atoms with Crippen molar-refractivity contribution >= 4 is 16.8 Å². The normalized spacial score (nSPS) is 23.9. The van der Waals surface area contributed by atoms with E-state index in [4.69, 9.17) is 4.74 Å². The quantitative estimate of drug-likeness (QED) is 0.779. The molecule has 0 radical (unpaired) electrons. The van der Waals surface area contributed by atoms with Gasteiger partial charge in [0.25, 0.3) is 5.91 Å². The van der Waals surface area contributed by atoms with Gasteiger partial charge in [-0.1, -0.05) is 18.2 Å². The van der Waals surface area contributed by atoms with Gasteiger partial charge in [-0.25, -0.2) is 0 Å². The molecule has 1 atom stereocenters. The van der Waals surface area contributed by atoms with Crippen LogP contribution in [0.5, 0.6) is 0 Å². The third kappa shape index (κ3) is 2.38. The Morgan fingerprint density at radius 1 is 1.32 bits per heavy atom. The third-order valence-corrected chi connectivity index (χ3v) is 4.74. The van der Waals surface area contributed by atoms with E-state index in [1.807, 2.05) is 24.3 Å². The number of benzene rings is 1. The van der Waals surface area contributed by atoms with E-state index in [0.717, 1.165) is 43.3 Å². The Morgan fingerprint density at radius 2 is 2.14 bits per heavy atom. The Balaban J connectivity index is 1.46. The summed E-state index contributed by atoms with van der Waals surface area (Å²) in [5.74, 6) is -0.128. The van der Waals surface area contributed by atoms with Crippen LogP contribution in [0.2, 0.25) is 0 Å². The van der Waals surface area contributed by atoms with E-state index < -0.39 is 0 Å². The van der Waals surface area contributed by atoms with Gasteiger partial charge in [-0.2, -0.15) is 5.10 Å². The minimum atomic E-state index is -0.128. The molecule has 1 spiro atoms. The van der Waals surface area contributed by atoms with E-state index in [-0.39, 0.29) is 17.6 Å². The predicted octanol–water partition coefficient (Wildman–Crippen LogP) is 1.20. The molecule has 6 nitrogen and oxygen atoms in total. The van der Waals surface area contributed by atoms with Crippen molar-refractivity contribution in [1.29, 1.82) is 0 Å². The molecular formula is C16H20N4O2. The second kappa shape index (κ2) is 5.37. The molecule has 2 aliphatic heterocycles. The van der Waals surface area contributed by atoms with Gasteiger partial charge in [0.1, 0.15) is 0 Å². The molecule has 2 aliphatic rings. The standard InChI is InChI=1S/C16H20N4O2/c21-15(14-12-3-1-2-4-13(12)19-20-14)18-11-9-16(22-10-11)5-7-17-8-6-16/h1-4,11,17H,5-10H2,(H,18,21)(H,19,20)/t11-/m1/s1. The largest absolute Gasteiger partial charge is 0.373 e. The van der Waals surface area contributed by atoms with Crippen LogP contribution in [0, 0.1) is 0 Å². The van der Waals surface area contributed by atoms with Gasteiger partial charge in [-0.3, -0.25) is 9.89 Å². The molecule has 6 heteroatoms. The molecule has 1 amide bonds. The molecule has 0 unspecified atom stereocenters. The monoisotopic (exact) mass is 300 g/mol. The van der Waals surface area contributed by atoms with Gasteiger partial charge in [0.2, 0.25) is 0 Å². The van der Waals surface area contributed by atoms with E-state index in [9.17, 15) is 4.79 Å². The highest BCUT2D eigenvalue weighted by Crippen LogP contribution is 2.34. The van der Waals surface area contributed by atoms with Crippen LogP contribution >= 0.6 is 0 Å². The molecular weight excluding hydrogens is 280 g/mol. The lowest BCUT2D eigenvalue weighted by atomic mass is 9.88. The van der Waals surface area contributed by atoms with Crippen LogP contribution in [-0.2, 0) is 4.74 Å². The highest BCUT2D eigenvalue weighted by Gasteiger charge is 2.41. The molecule has 2 fully saturated rings. The first kappa shape index (κ1) is 13.7. The van der Waals surface area contributed by atoms with Crippen molar-refractivity contribution in [2.75, 3.05) is 19.7 Å². The van der Waals surface area contributed by atoms with Gasteiger partial charge in [-0.15, -0.1) is 0 Å². The van der Waals surface area contributed by atoms with Crippen molar-refractivity contribution in [3.8, 4) is 0 Å². The zero-order valence-electron chi connectivity index (χ0n) is 12.4. The Morgan fingerprint density at radius 3 is 3.00 bits per heavy atom. The van der Waals surface area contributed by atoms with Crippen LogP contribution in [0.25, 0.3) is 10.9 Å². The number of carbonyl (C=O) groups is 1. The van der Waals surface area contributed by atoms with E-state index in [0.29, 0.717) is 12.3 Å². The topological polar surface area (TPSA) is 79.0 Å². The lowest BCUT2D eigenvalue weighted by Gasteiger charge is -2.32. The molecule has 0 saturated carbocycles. The van der Waals surface area contributed by atoms with Crippen molar-refractivity contribution < 1.29 is 9.53 Å². The smallest absolute Gasteiger partial charge is 0.272 e. The molecule has 1 aromatic carbocycles. The number of H-pyrrole nitrogens is 1.